The molecule has 1 amide bonds. The summed E-state index contributed by atoms with van der Waals surface area (Å²) in [5, 5.41) is 4.47. The van der Waals surface area contributed by atoms with Crippen molar-refractivity contribution in [1.82, 2.24) is 9.88 Å². The monoisotopic (exact) mass is 427 g/mol. The predicted octanol–water partition coefficient (Wildman–Crippen LogP) is 4.86. The van der Waals surface area contributed by atoms with Crippen LogP contribution in [-0.2, 0) is 11.3 Å². The number of nitrogens with zero attached hydrogens (tertiary/aromatic N) is 2. The van der Waals surface area contributed by atoms with Gasteiger partial charge in [0, 0.05) is 35.9 Å². The van der Waals surface area contributed by atoms with Crippen LogP contribution in [-0.4, -0.2) is 42.1 Å². The minimum absolute atomic E-state index is 0.138. The van der Waals surface area contributed by atoms with Gasteiger partial charge in [-0.15, -0.1) is 11.3 Å². The molecule has 150 valence electrons. The zero-order chi connectivity index (χ0) is 20.2. The van der Waals surface area contributed by atoms with Crippen molar-refractivity contribution in [3.05, 3.63) is 69.7 Å². The van der Waals surface area contributed by atoms with E-state index < -0.39 is 0 Å². The second kappa shape index (κ2) is 9.05. The summed E-state index contributed by atoms with van der Waals surface area (Å²) < 4.78 is 5.39. The van der Waals surface area contributed by atoms with E-state index in [2.05, 4.69) is 27.3 Å². The van der Waals surface area contributed by atoms with Gasteiger partial charge in [-0.2, -0.15) is 0 Å². The Hall–Kier alpha value is -2.25. The fourth-order valence-corrected chi connectivity index (χ4v) is 4.31. The lowest BCUT2D eigenvalue weighted by molar-refractivity contribution is 0.0342. The minimum atomic E-state index is -0.138. The molecule has 0 unspecified atom stereocenters. The summed E-state index contributed by atoms with van der Waals surface area (Å²) >= 11 is 7.34. The van der Waals surface area contributed by atoms with E-state index in [1.807, 2.05) is 43.3 Å². The van der Waals surface area contributed by atoms with Gasteiger partial charge >= 0.3 is 0 Å². The molecule has 0 spiro atoms. The van der Waals surface area contributed by atoms with Gasteiger partial charge in [-0.1, -0.05) is 35.9 Å². The predicted molar refractivity (Wildman–Crippen MR) is 118 cm³/mol. The number of ether oxygens (including phenoxy) is 1. The first-order chi connectivity index (χ1) is 14.1. The van der Waals surface area contributed by atoms with Crippen LogP contribution in [0.3, 0.4) is 0 Å². The second-order valence-corrected chi connectivity index (χ2v) is 8.42. The Kier molecular flexibility index (Phi) is 6.25. The molecule has 4 rings (SSSR count). The zero-order valence-corrected chi connectivity index (χ0v) is 17.7. The lowest BCUT2D eigenvalue weighted by Crippen LogP contribution is -2.35. The van der Waals surface area contributed by atoms with Crippen LogP contribution >= 0.6 is 22.9 Å². The maximum atomic E-state index is 12.8. The number of thiazole rings is 1. The quantitative estimate of drug-likeness (QED) is 0.632. The molecule has 1 fully saturated rings. The largest absolute Gasteiger partial charge is 0.379 e. The first-order valence-corrected chi connectivity index (χ1v) is 10.7. The van der Waals surface area contributed by atoms with Crippen molar-refractivity contribution in [2.45, 2.75) is 13.5 Å². The molecule has 1 saturated heterocycles. The zero-order valence-electron chi connectivity index (χ0n) is 16.2. The van der Waals surface area contributed by atoms with Crippen LogP contribution in [0.5, 0.6) is 0 Å². The summed E-state index contributed by atoms with van der Waals surface area (Å²) in [6, 6.07) is 15.5. The molecule has 0 radical (unpaired) electrons. The maximum Gasteiger partial charge on any atom is 0.267 e. The fourth-order valence-electron chi connectivity index (χ4n) is 3.22. The number of aromatic nitrogens is 1. The molecule has 0 saturated carbocycles. The third-order valence-electron chi connectivity index (χ3n) is 4.82. The van der Waals surface area contributed by atoms with Crippen LogP contribution in [0, 0.1) is 6.92 Å². The van der Waals surface area contributed by atoms with Crippen LogP contribution < -0.4 is 5.32 Å². The van der Waals surface area contributed by atoms with E-state index in [1.165, 1.54) is 16.9 Å². The van der Waals surface area contributed by atoms with Crippen molar-refractivity contribution >= 4 is 34.5 Å². The number of morpholine rings is 1. The molecule has 2 aromatic carbocycles. The number of anilines is 1. The van der Waals surface area contributed by atoms with Crippen molar-refractivity contribution in [3.8, 4) is 10.6 Å². The summed E-state index contributed by atoms with van der Waals surface area (Å²) in [5.74, 6) is -0.138. The number of carbonyl (C=O) groups excluding carboxylic acids is 1. The average molecular weight is 428 g/mol. The number of nitrogens with one attached hydrogen (secondary N) is 1. The second-order valence-electron chi connectivity index (χ2n) is 6.98. The van der Waals surface area contributed by atoms with Crippen molar-refractivity contribution in [1.29, 1.82) is 0 Å². The number of amides is 1. The number of aryl methyl sites for hydroxylation is 1. The van der Waals surface area contributed by atoms with Crippen molar-refractivity contribution in [3.63, 3.8) is 0 Å². The third kappa shape index (κ3) is 5.03. The van der Waals surface area contributed by atoms with Gasteiger partial charge in [0.1, 0.15) is 9.88 Å². The molecule has 0 bridgehead atoms. The number of carbonyl (C=O) groups is 1. The van der Waals surface area contributed by atoms with Gasteiger partial charge in [-0.05, 0) is 36.8 Å². The smallest absolute Gasteiger partial charge is 0.267 e. The number of hydrogen-bond donors (Lipinski definition) is 1. The number of rotatable bonds is 5. The van der Waals surface area contributed by atoms with E-state index in [1.54, 1.807) is 0 Å². The highest BCUT2D eigenvalue weighted by molar-refractivity contribution is 7.17. The normalized spacial score (nSPS) is 14.7. The lowest BCUT2D eigenvalue weighted by Gasteiger charge is -2.26. The van der Waals surface area contributed by atoms with Crippen LogP contribution in [0.4, 0.5) is 5.69 Å². The minimum Gasteiger partial charge on any atom is -0.379 e. The number of halogens is 1. The highest BCUT2D eigenvalue weighted by atomic mass is 35.5. The van der Waals surface area contributed by atoms with Gasteiger partial charge in [0.2, 0.25) is 0 Å². The highest BCUT2D eigenvalue weighted by Gasteiger charge is 2.17. The molecule has 0 atom stereocenters. The van der Waals surface area contributed by atoms with E-state index in [4.69, 9.17) is 16.3 Å². The van der Waals surface area contributed by atoms with Crippen LogP contribution in [0.1, 0.15) is 20.9 Å². The summed E-state index contributed by atoms with van der Waals surface area (Å²) in [7, 11) is 0. The Balaban J connectivity index is 1.42. The number of hydrogen-bond acceptors (Lipinski definition) is 5. The van der Waals surface area contributed by atoms with E-state index >= 15 is 0 Å². The fraction of sp³-hybridized carbons (Fsp3) is 0.273. The number of benzene rings is 2. The molecule has 1 aliphatic heterocycles. The molecule has 29 heavy (non-hydrogen) atoms. The van der Waals surface area contributed by atoms with E-state index in [9.17, 15) is 4.79 Å². The molecule has 0 aliphatic carbocycles. The highest BCUT2D eigenvalue weighted by Crippen LogP contribution is 2.29. The molecular formula is C22H22ClN3O2S. The van der Waals surface area contributed by atoms with Crippen molar-refractivity contribution in [2.24, 2.45) is 0 Å². The van der Waals surface area contributed by atoms with Crippen molar-refractivity contribution < 1.29 is 9.53 Å². The topological polar surface area (TPSA) is 54.5 Å². The third-order valence-corrected chi connectivity index (χ3v) is 6.27. The molecular weight excluding hydrogens is 406 g/mol. The average Bonchev–Trinajstić information content (AvgIpc) is 3.12. The standard InChI is InChI=1S/C22H22ClN3O2S/c1-15-20(29-22(24-15)17-4-6-18(23)7-5-17)21(27)25-19-8-2-16(3-9-19)14-26-10-12-28-13-11-26/h2-9H,10-14H2,1H3,(H,25,27). The summed E-state index contributed by atoms with van der Waals surface area (Å²) in [6.07, 6.45) is 0. The SMILES string of the molecule is Cc1nc(-c2ccc(Cl)cc2)sc1C(=O)Nc1ccc(CN2CCOCC2)cc1. The molecule has 1 aliphatic rings. The van der Waals surface area contributed by atoms with Crippen LogP contribution in [0.25, 0.3) is 10.6 Å². The van der Waals surface area contributed by atoms with Gasteiger partial charge in [0.25, 0.3) is 5.91 Å². The van der Waals surface area contributed by atoms with E-state index in [0.29, 0.717) is 9.90 Å². The molecule has 1 N–H and O–H groups in total. The first kappa shape index (κ1) is 20.0. The van der Waals surface area contributed by atoms with Gasteiger partial charge in [-0.3, -0.25) is 9.69 Å². The summed E-state index contributed by atoms with van der Waals surface area (Å²) in [5.41, 5.74) is 3.68. The summed E-state index contributed by atoms with van der Waals surface area (Å²) in [4.78, 5) is 20.3. The first-order valence-electron chi connectivity index (χ1n) is 9.52. The molecule has 5 nitrogen and oxygen atoms in total. The van der Waals surface area contributed by atoms with Crippen LogP contribution in [0.15, 0.2) is 48.5 Å². The molecule has 3 aromatic rings. The molecule has 2 heterocycles. The van der Waals surface area contributed by atoms with E-state index in [-0.39, 0.29) is 5.91 Å². The molecule has 7 heteroatoms. The van der Waals surface area contributed by atoms with Crippen molar-refractivity contribution in [2.75, 3.05) is 31.6 Å². The Morgan fingerprint density at radius 3 is 2.52 bits per heavy atom. The van der Waals surface area contributed by atoms with E-state index in [0.717, 1.165) is 54.8 Å². The molecule has 1 aromatic heterocycles. The Morgan fingerprint density at radius 2 is 1.83 bits per heavy atom. The van der Waals surface area contributed by atoms with Crippen LogP contribution in [0.2, 0.25) is 5.02 Å². The lowest BCUT2D eigenvalue weighted by atomic mass is 10.2. The van der Waals surface area contributed by atoms with Gasteiger partial charge in [-0.25, -0.2) is 4.98 Å². The Labute approximate surface area is 179 Å². The Bertz CT molecular complexity index is 980. The van der Waals surface area contributed by atoms with Gasteiger partial charge in [0.15, 0.2) is 0 Å². The maximum absolute atomic E-state index is 12.8. The van der Waals surface area contributed by atoms with Gasteiger partial charge in [0.05, 0.1) is 18.9 Å². The summed E-state index contributed by atoms with van der Waals surface area (Å²) in [6.45, 7) is 6.26. The van der Waals surface area contributed by atoms with Gasteiger partial charge < -0.3 is 10.1 Å². The Morgan fingerprint density at radius 1 is 1.14 bits per heavy atom.